The highest BCUT2D eigenvalue weighted by Crippen LogP contribution is 2.12. The van der Waals surface area contributed by atoms with Crippen molar-refractivity contribution in [3.8, 4) is 6.07 Å². The van der Waals surface area contributed by atoms with Gasteiger partial charge in [-0.25, -0.2) is 4.79 Å². The molecule has 18 heavy (non-hydrogen) atoms. The van der Waals surface area contributed by atoms with Gasteiger partial charge in [0.15, 0.2) is 0 Å². The summed E-state index contributed by atoms with van der Waals surface area (Å²) in [6.45, 7) is 7.86. The molecule has 1 amide bonds. The van der Waals surface area contributed by atoms with Gasteiger partial charge in [-0.3, -0.25) is 0 Å². The van der Waals surface area contributed by atoms with Crippen molar-refractivity contribution in [1.82, 2.24) is 9.80 Å². The summed E-state index contributed by atoms with van der Waals surface area (Å²) in [6, 6.07) is 1.90. The number of nitrogens with two attached hydrogens (primary N) is 1. The van der Waals surface area contributed by atoms with Crippen LogP contribution in [0.2, 0.25) is 0 Å². The highest BCUT2D eigenvalue weighted by Gasteiger charge is 2.25. The molecule has 0 aliphatic carbocycles. The van der Waals surface area contributed by atoms with Gasteiger partial charge in [0.2, 0.25) is 0 Å². The molecule has 0 unspecified atom stereocenters. The van der Waals surface area contributed by atoms with Gasteiger partial charge in [0.05, 0.1) is 12.1 Å². The van der Waals surface area contributed by atoms with E-state index in [9.17, 15) is 4.79 Å². The summed E-state index contributed by atoms with van der Waals surface area (Å²) < 4.78 is 5.29. The fourth-order valence-electron chi connectivity index (χ4n) is 1.63. The predicted octanol–water partition coefficient (Wildman–Crippen LogP) is 0.863. The number of allylic oxidation sites excluding steroid dienone is 1. The molecule has 0 aromatic heterocycles. The van der Waals surface area contributed by atoms with Gasteiger partial charge in [-0.1, -0.05) is 0 Å². The van der Waals surface area contributed by atoms with Gasteiger partial charge in [-0.2, -0.15) is 5.26 Å². The van der Waals surface area contributed by atoms with E-state index in [1.54, 1.807) is 4.90 Å². The summed E-state index contributed by atoms with van der Waals surface area (Å²) in [5, 5.41) is 8.52. The van der Waals surface area contributed by atoms with E-state index in [4.69, 9.17) is 15.7 Å². The Labute approximate surface area is 108 Å². The fraction of sp³-hybridized carbons (Fsp3) is 0.667. The maximum Gasteiger partial charge on any atom is 0.410 e. The Kier molecular flexibility index (Phi) is 4.43. The smallest absolute Gasteiger partial charge is 0.410 e. The Morgan fingerprint density at radius 2 is 1.78 bits per heavy atom. The molecule has 1 saturated heterocycles. The zero-order valence-corrected chi connectivity index (χ0v) is 11.1. The van der Waals surface area contributed by atoms with E-state index < -0.39 is 5.60 Å². The summed E-state index contributed by atoms with van der Waals surface area (Å²) in [7, 11) is 0. The standard InChI is InChI=1S/C12H20N4O2/c1-12(2,3)18-11(17)16-8-6-15(7-9-16)10(14)4-5-13/h4H,6-9,14H2,1-3H3/b10-4-. The molecular weight excluding hydrogens is 232 g/mol. The zero-order valence-electron chi connectivity index (χ0n) is 11.1. The largest absolute Gasteiger partial charge is 0.444 e. The minimum atomic E-state index is -0.478. The van der Waals surface area contributed by atoms with E-state index >= 15 is 0 Å². The van der Waals surface area contributed by atoms with Crippen molar-refractivity contribution in [3.05, 3.63) is 11.9 Å². The number of hydrogen-bond acceptors (Lipinski definition) is 5. The second-order valence-corrected chi connectivity index (χ2v) is 5.15. The Hall–Kier alpha value is -1.90. The van der Waals surface area contributed by atoms with Gasteiger partial charge in [0, 0.05) is 26.2 Å². The van der Waals surface area contributed by atoms with Crippen LogP contribution in [0.5, 0.6) is 0 Å². The zero-order chi connectivity index (χ0) is 13.8. The first-order chi connectivity index (χ1) is 8.33. The molecule has 100 valence electrons. The lowest BCUT2D eigenvalue weighted by molar-refractivity contribution is 0.0168. The van der Waals surface area contributed by atoms with Crippen LogP contribution in [0.1, 0.15) is 20.8 Å². The second kappa shape index (κ2) is 5.63. The molecule has 1 rings (SSSR count). The molecule has 0 bridgehead atoms. The van der Waals surface area contributed by atoms with E-state index in [0.717, 1.165) is 0 Å². The maximum atomic E-state index is 11.8. The quantitative estimate of drug-likeness (QED) is 0.700. The number of hydrogen-bond donors (Lipinski definition) is 1. The Morgan fingerprint density at radius 3 is 2.22 bits per heavy atom. The molecule has 1 aliphatic heterocycles. The lowest BCUT2D eigenvalue weighted by Gasteiger charge is -2.36. The van der Waals surface area contributed by atoms with E-state index in [-0.39, 0.29) is 6.09 Å². The minimum Gasteiger partial charge on any atom is -0.444 e. The van der Waals surface area contributed by atoms with Crippen LogP contribution >= 0.6 is 0 Å². The Morgan fingerprint density at radius 1 is 1.28 bits per heavy atom. The van der Waals surface area contributed by atoms with Crippen LogP contribution in [0.4, 0.5) is 4.79 Å². The molecule has 1 heterocycles. The maximum absolute atomic E-state index is 11.8. The molecule has 6 heteroatoms. The van der Waals surface area contributed by atoms with Gasteiger partial charge in [-0.05, 0) is 20.8 Å². The number of carbonyl (C=O) groups excluding carboxylic acids is 1. The van der Waals surface area contributed by atoms with Crippen LogP contribution in [0.25, 0.3) is 0 Å². The minimum absolute atomic E-state index is 0.301. The van der Waals surface area contributed by atoms with Gasteiger partial charge in [0.1, 0.15) is 11.4 Å². The monoisotopic (exact) mass is 252 g/mol. The molecule has 0 aromatic carbocycles. The lowest BCUT2D eigenvalue weighted by Crippen LogP contribution is -2.50. The van der Waals surface area contributed by atoms with Crippen LogP contribution < -0.4 is 5.73 Å². The van der Waals surface area contributed by atoms with Gasteiger partial charge in [0.25, 0.3) is 0 Å². The summed E-state index contributed by atoms with van der Waals surface area (Å²) >= 11 is 0. The number of nitriles is 1. The van der Waals surface area contributed by atoms with Crippen LogP contribution in [0, 0.1) is 11.3 Å². The van der Waals surface area contributed by atoms with Crippen LogP contribution in [0.15, 0.2) is 11.9 Å². The molecule has 0 atom stereocenters. The molecule has 2 N–H and O–H groups in total. The van der Waals surface area contributed by atoms with E-state index in [2.05, 4.69) is 0 Å². The Bertz CT molecular complexity index is 371. The highest BCUT2D eigenvalue weighted by molar-refractivity contribution is 5.68. The molecular formula is C12H20N4O2. The second-order valence-electron chi connectivity index (χ2n) is 5.15. The number of rotatable bonds is 1. The van der Waals surface area contributed by atoms with Crippen molar-refractivity contribution in [2.45, 2.75) is 26.4 Å². The number of carbonyl (C=O) groups is 1. The normalized spacial score (nSPS) is 17.3. The van der Waals surface area contributed by atoms with Crippen molar-refractivity contribution in [2.75, 3.05) is 26.2 Å². The first-order valence-electron chi connectivity index (χ1n) is 5.91. The molecule has 0 saturated carbocycles. The lowest BCUT2D eigenvalue weighted by atomic mass is 10.2. The van der Waals surface area contributed by atoms with Crippen molar-refractivity contribution >= 4 is 6.09 Å². The first kappa shape index (κ1) is 14.2. The summed E-state index contributed by atoms with van der Waals surface area (Å²) in [4.78, 5) is 15.3. The van der Waals surface area contributed by atoms with Crippen molar-refractivity contribution in [2.24, 2.45) is 5.73 Å². The van der Waals surface area contributed by atoms with Crippen molar-refractivity contribution in [1.29, 1.82) is 5.26 Å². The SMILES string of the molecule is CC(C)(C)OC(=O)N1CCN(/C(N)=C\C#N)CC1. The summed E-state index contributed by atoms with van der Waals surface area (Å²) in [5.74, 6) is 0.446. The number of ether oxygens (including phenoxy) is 1. The molecule has 0 aromatic rings. The fourth-order valence-corrected chi connectivity index (χ4v) is 1.63. The van der Waals surface area contributed by atoms with Crippen LogP contribution in [-0.2, 0) is 4.74 Å². The molecule has 1 fully saturated rings. The summed E-state index contributed by atoms with van der Waals surface area (Å²) in [5.41, 5.74) is 5.23. The molecule has 0 radical (unpaired) electrons. The topological polar surface area (TPSA) is 82.6 Å². The third-order valence-corrected chi connectivity index (χ3v) is 2.51. The summed E-state index contributed by atoms with van der Waals surface area (Å²) in [6.07, 6.45) is 1.01. The Balaban J connectivity index is 2.47. The highest BCUT2D eigenvalue weighted by atomic mass is 16.6. The van der Waals surface area contributed by atoms with Gasteiger partial charge >= 0.3 is 6.09 Å². The number of piperazine rings is 1. The third-order valence-electron chi connectivity index (χ3n) is 2.51. The molecule has 6 nitrogen and oxygen atoms in total. The van der Waals surface area contributed by atoms with Crippen LogP contribution in [-0.4, -0.2) is 47.7 Å². The first-order valence-corrected chi connectivity index (χ1v) is 5.91. The van der Waals surface area contributed by atoms with Gasteiger partial charge in [-0.15, -0.1) is 0 Å². The van der Waals surface area contributed by atoms with Crippen LogP contribution in [0.3, 0.4) is 0 Å². The van der Waals surface area contributed by atoms with Gasteiger partial charge < -0.3 is 20.3 Å². The number of amides is 1. The molecule has 1 aliphatic rings. The van der Waals surface area contributed by atoms with E-state index in [1.807, 2.05) is 31.7 Å². The van der Waals surface area contributed by atoms with E-state index in [1.165, 1.54) is 6.08 Å². The molecule has 0 spiro atoms. The number of nitrogens with zero attached hydrogens (tertiary/aromatic N) is 3. The third kappa shape index (κ3) is 4.17. The van der Waals surface area contributed by atoms with Crippen molar-refractivity contribution < 1.29 is 9.53 Å². The average molecular weight is 252 g/mol. The average Bonchev–Trinajstić information content (AvgIpc) is 2.27. The predicted molar refractivity (Wildman–Crippen MR) is 67.3 cm³/mol. The van der Waals surface area contributed by atoms with E-state index in [0.29, 0.717) is 32.0 Å². The van der Waals surface area contributed by atoms with Crippen molar-refractivity contribution in [3.63, 3.8) is 0 Å².